The third-order valence-corrected chi connectivity index (χ3v) is 6.78. The maximum Gasteiger partial charge on any atom is 0.418 e. The first-order valence-corrected chi connectivity index (χ1v) is 12.7. The van der Waals surface area contributed by atoms with Gasteiger partial charge in [0.1, 0.15) is 0 Å². The van der Waals surface area contributed by atoms with Crippen LogP contribution < -0.4 is 9.62 Å². The second-order valence-electron chi connectivity index (χ2n) is 8.40. The number of nitrogens with zero attached hydrogens (tertiary/aromatic N) is 2. The van der Waals surface area contributed by atoms with E-state index in [2.05, 4.69) is 4.72 Å². The molecule has 0 spiro atoms. The zero-order valence-corrected chi connectivity index (χ0v) is 19.5. The topological polar surface area (TPSA) is 88.2 Å². The molecule has 12 heteroatoms. The highest BCUT2D eigenvalue weighted by Crippen LogP contribution is 2.37. The van der Waals surface area contributed by atoms with Crippen molar-refractivity contribution in [1.82, 2.24) is 9.62 Å². The van der Waals surface area contributed by atoms with Crippen LogP contribution in [0.5, 0.6) is 0 Å². The summed E-state index contributed by atoms with van der Waals surface area (Å²) in [6.07, 6.45) is -1.91. The van der Waals surface area contributed by atoms with Gasteiger partial charge in [-0.25, -0.2) is 17.9 Å². The Kier molecular flexibility index (Phi) is 8.12. The summed E-state index contributed by atoms with van der Waals surface area (Å²) in [6, 6.07) is 4.47. The summed E-state index contributed by atoms with van der Waals surface area (Å²) in [5.74, 6) is 0. The molecule has 0 saturated carbocycles. The van der Waals surface area contributed by atoms with Crippen molar-refractivity contribution in [2.45, 2.75) is 50.0 Å². The fourth-order valence-corrected chi connectivity index (χ4v) is 5.33. The van der Waals surface area contributed by atoms with Gasteiger partial charge in [0, 0.05) is 31.4 Å². The van der Waals surface area contributed by atoms with Gasteiger partial charge in [-0.1, -0.05) is 12.1 Å². The van der Waals surface area contributed by atoms with Crippen molar-refractivity contribution in [3.63, 3.8) is 0 Å². The van der Waals surface area contributed by atoms with E-state index in [4.69, 9.17) is 9.47 Å². The number of nitrogens with one attached hydrogen (secondary N) is 1. The van der Waals surface area contributed by atoms with Gasteiger partial charge in [-0.2, -0.15) is 13.2 Å². The molecule has 2 heterocycles. The highest BCUT2D eigenvalue weighted by atomic mass is 32.2. The number of anilines is 1. The molecule has 3 rings (SSSR count). The summed E-state index contributed by atoms with van der Waals surface area (Å²) in [5.41, 5.74) is -0.500. The maximum atomic E-state index is 13.3. The summed E-state index contributed by atoms with van der Waals surface area (Å²) in [6.45, 7) is 1.32. The lowest BCUT2D eigenvalue weighted by atomic mass is 9.97. The Morgan fingerprint density at radius 3 is 2.42 bits per heavy atom. The molecule has 0 bridgehead atoms. The van der Waals surface area contributed by atoms with Crippen LogP contribution in [0.4, 0.5) is 23.7 Å². The van der Waals surface area contributed by atoms with Crippen LogP contribution in [-0.2, 0) is 25.7 Å². The van der Waals surface area contributed by atoms with Crippen molar-refractivity contribution >= 4 is 21.8 Å². The standard InChI is InChI=1S/C21H30F3N3O5S/c1-31-20(28)27-11-5-7-17(25-33(2,29)30)19(27)14-32-15-9-12-26(13-10-15)18-8-4-3-6-16(18)21(22,23)24/h3-4,6,8,15,17,19,25H,5,7,9-14H2,1-2H3/t17-,19-/m0/s1. The largest absolute Gasteiger partial charge is 0.453 e. The van der Waals surface area contributed by atoms with Gasteiger partial charge in [0.25, 0.3) is 0 Å². The van der Waals surface area contributed by atoms with E-state index in [0.29, 0.717) is 45.3 Å². The summed E-state index contributed by atoms with van der Waals surface area (Å²) in [5, 5.41) is 0. The Bertz CT molecular complexity index is 920. The fraction of sp³-hybridized carbons (Fsp3) is 0.667. The number of sulfonamides is 1. The minimum absolute atomic E-state index is 0.103. The molecule has 1 aromatic carbocycles. The van der Waals surface area contributed by atoms with Crippen molar-refractivity contribution in [2.75, 3.05) is 44.5 Å². The number of hydrogen-bond donors (Lipinski definition) is 1. The third-order valence-electron chi connectivity index (χ3n) is 6.05. The first-order valence-electron chi connectivity index (χ1n) is 10.8. The van der Waals surface area contributed by atoms with E-state index in [-0.39, 0.29) is 18.4 Å². The van der Waals surface area contributed by atoms with Crippen LogP contribution in [0.15, 0.2) is 24.3 Å². The number of likely N-dealkylation sites (tertiary alicyclic amines) is 1. The fourth-order valence-electron chi connectivity index (χ4n) is 4.51. The van der Waals surface area contributed by atoms with Crippen molar-refractivity contribution in [2.24, 2.45) is 0 Å². The van der Waals surface area contributed by atoms with Crippen LogP contribution in [0, 0.1) is 0 Å². The summed E-state index contributed by atoms with van der Waals surface area (Å²) < 4.78 is 77.1. The molecule has 33 heavy (non-hydrogen) atoms. The number of benzene rings is 1. The van der Waals surface area contributed by atoms with Gasteiger partial charge in [0.15, 0.2) is 0 Å². The van der Waals surface area contributed by atoms with E-state index in [0.717, 1.165) is 12.3 Å². The number of rotatable bonds is 6. The van der Waals surface area contributed by atoms with Gasteiger partial charge >= 0.3 is 12.3 Å². The lowest BCUT2D eigenvalue weighted by Gasteiger charge is -2.41. The van der Waals surface area contributed by atoms with Crippen LogP contribution in [-0.4, -0.2) is 77.2 Å². The number of amides is 1. The molecule has 0 radical (unpaired) electrons. The predicted molar refractivity (Wildman–Crippen MR) is 117 cm³/mol. The monoisotopic (exact) mass is 493 g/mol. The SMILES string of the molecule is COC(=O)N1CCC[C@H](NS(C)(=O)=O)[C@@H]1COC1CCN(c2ccccc2C(F)(F)F)CC1. The average Bonchev–Trinajstić information content (AvgIpc) is 2.76. The van der Waals surface area contributed by atoms with Crippen molar-refractivity contribution in [3.8, 4) is 0 Å². The number of para-hydroxylation sites is 1. The molecule has 2 atom stereocenters. The van der Waals surface area contributed by atoms with Gasteiger partial charge in [-0.05, 0) is 37.8 Å². The van der Waals surface area contributed by atoms with Crippen LogP contribution in [0.1, 0.15) is 31.2 Å². The van der Waals surface area contributed by atoms with Crippen LogP contribution >= 0.6 is 0 Å². The quantitative estimate of drug-likeness (QED) is 0.656. The maximum absolute atomic E-state index is 13.3. The molecule has 8 nitrogen and oxygen atoms in total. The lowest BCUT2D eigenvalue weighted by molar-refractivity contribution is -0.137. The molecule has 2 aliphatic rings. The zero-order valence-electron chi connectivity index (χ0n) is 18.7. The number of halogens is 3. The van der Waals surface area contributed by atoms with Gasteiger partial charge < -0.3 is 19.3 Å². The second-order valence-corrected chi connectivity index (χ2v) is 10.2. The van der Waals surface area contributed by atoms with Crippen molar-refractivity contribution < 1.29 is 35.9 Å². The first-order chi connectivity index (χ1) is 15.5. The summed E-state index contributed by atoms with van der Waals surface area (Å²) in [7, 11) is -2.23. The minimum atomic E-state index is -4.43. The van der Waals surface area contributed by atoms with Crippen LogP contribution in [0.3, 0.4) is 0 Å². The smallest absolute Gasteiger partial charge is 0.418 e. The number of ether oxygens (including phenoxy) is 2. The Balaban J connectivity index is 1.63. The van der Waals surface area contributed by atoms with Gasteiger partial charge in [-0.3, -0.25) is 0 Å². The molecule has 1 amide bonds. The number of alkyl halides is 3. The Morgan fingerprint density at radius 2 is 1.82 bits per heavy atom. The van der Waals surface area contributed by atoms with E-state index in [1.54, 1.807) is 11.0 Å². The molecule has 2 saturated heterocycles. The Morgan fingerprint density at radius 1 is 1.15 bits per heavy atom. The molecule has 2 fully saturated rings. The molecule has 1 aromatic rings. The van der Waals surface area contributed by atoms with E-state index < -0.39 is 39.9 Å². The molecular formula is C21H30F3N3O5S. The lowest BCUT2D eigenvalue weighted by Crippen LogP contribution is -2.59. The molecule has 0 aliphatic carbocycles. The minimum Gasteiger partial charge on any atom is -0.453 e. The van der Waals surface area contributed by atoms with Gasteiger partial charge in [0.05, 0.1) is 37.7 Å². The Hall–Kier alpha value is -2.05. The summed E-state index contributed by atoms with van der Waals surface area (Å²) in [4.78, 5) is 15.4. The van der Waals surface area contributed by atoms with E-state index >= 15 is 0 Å². The Labute approximate surface area is 192 Å². The van der Waals surface area contributed by atoms with Crippen molar-refractivity contribution in [1.29, 1.82) is 0 Å². The van der Waals surface area contributed by atoms with Gasteiger partial charge in [-0.15, -0.1) is 0 Å². The van der Waals surface area contributed by atoms with E-state index in [1.807, 2.05) is 0 Å². The molecule has 0 unspecified atom stereocenters. The average molecular weight is 494 g/mol. The molecule has 1 N–H and O–H groups in total. The van der Waals surface area contributed by atoms with Crippen LogP contribution in [0.2, 0.25) is 0 Å². The second kappa shape index (κ2) is 10.5. The van der Waals surface area contributed by atoms with E-state index in [1.165, 1.54) is 24.1 Å². The highest BCUT2D eigenvalue weighted by molar-refractivity contribution is 7.88. The zero-order chi connectivity index (χ0) is 24.2. The number of carbonyl (C=O) groups excluding carboxylic acids is 1. The third kappa shape index (κ3) is 6.73. The van der Waals surface area contributed by atoms with Crippen molar-refractivity contribution in [3.05, 3.63) is 29.8 Å². The first kappa shape index (κ1) is 25.6. The van der Waals surface area contributed by atoms with Gasteiger partial charge in [0.2, 0.25) is 10.0 Å². The molecule has 2 aliphatic heterocycles. The number of carbonyl (C=O) groups is 1. The highest BCUT2D eigenvalue weighted by Gasteiger charge is 2.38. The normalized spacial score (nSPS) is 22.9. The predicted octanol–water partition coefficient (Wildman–Crippen LogP) is 2.84. The molecule has 0 aromatic heterocycles. The molecule has 186 valence electrons. The number of piperidine rings is 2. The number of hydrogen-bond acceptors (Lipinski definition) is 6. The molecular weight excluding hydrogens is 463 g/mol. The van der Waals surface area contributed by atoms with E-state index in [9.17, 15) is 26.4 Å². The van der Waals surface area contributed by atoms with Crippen LogP contribution in [0.25, 0.3) is 0 Å². The number of methoxy groups -OCH3 is 1. The summed E-state index contributed by atoms with van der Waals surface area (Å²) >= 11 is 0.